The number of amides is 1. The van der Waals surface area contributed by atoms with E-state index in [0.717, 1.165) is 36.7 Å². The van der Waals surface area contributed by atoms with Gasteiger partial charge in [-0.15, -0.1) is 0 Å². The first kappa shape index (κ1) is 22.6. The summed E-state index contributed by atoms with van der Waals surface area (Å²) in [6.07, 6.45) is 0. The van der Waals surface area contributed by atoms with Crippen molar-refractivity contribution >= 4 is 5.91 Å². The van der Waals surface area contributed by atoms with Crippen molar-refractivity contribution in [2.24, 2.45) is 0 Å². The highest BCUT2D eigenvalue weighted by molar-refractivity contribution is 5.95. The summed E-state index contributed by atoms with van der Waals surface area (Å²) in [4.78, 5) is 17.3. The van der Waals surface area contributed by atoms with Gasteiger partial charge in [0.1, 0.15) is 0 Å². The Balaban J connectivity index is 1.68. The van der Waals surface area contributed by atoms with E-state index in [-0.39, 0.29) is 5.91 Å². The lowest BCUT2D eigenvalue weighted by Crippen LogP contribution is -2.48. The van der Waals surface area contributed by atoms with Crippen LogP contribution in [0.2, 0.25) is 0 Å². The molecule has 0 saturated carbocycles. The van der Waals surface area contributed by atoms with Crippen LogP contribution in [-0.2, 0) is 6.54 Å². The second kappa shape index (κ2) is 10.3. The zero-order chi connectivity index (χ0) is 22.4. The Morgan fingerprint density at radius 1 is 0.774 bits per heavy atom. The van der Waals surface area contributed by atoms with Gasteiger partial charge in [-0.1, -0.05) is 12.1 Å². The van der Waals surface area contributed by atoms with Crippen molar-refractivity contribution in [3.63, 3.8) is 0 Å². The number of hydrogen-bond acceptors (Lipinski definition) is 7. The van der Waals surface area contributed by atoms with Gasteiger partial charge < -0.3 is 28.6 Å². The Bertz CT molecular complexity index is 884. The Labute approximate surface area is 183 Å². The Kier molecular flexibility index (Phi) is 7.46. The van der Waals surface area contributed by atoms with Crippen LogP contribution in [0.4, 0.5) is 0 Å². The number of nitrogens with zero attached hydrogens (tertiary/aromatic N) is 2. The molecule has 0 aromatic heterocycles. The Morgan fingerprint density at radius 3 is 1.87 bits per heavy atom. The van der Waals surface area contributed by atoms with Crippen molar-refractivity contribution in [3.8, 4) is 28.7 Å². The third kappa shape index (κ3) is 4.80. The van der Waals surface area contributed by atoms with E-state index >= 15 is 0 Å². The van der Waals surface area contributed by atoms with Gasteiger partial charge in [0, 0.05) is 43.9 Å². The number of carbonyl (C=O) groups excluding carboxylic acids is 1. The zero-order valence-corrected chi connectivity index (χ0v) is 18.8. The van der Waals surface area contributed by atoms with Crippen molar-refractivity contribution in [2.75, 3.05) is 61.7 Å². The number of carbonyl (C=O) groups is 1. The van der Waals surface area contributed by atoms with E-state index in [0.29, 0.717) is 35.9 Å². The summed E-state index contributed by atoms with van der Waals surface area (Å²) >= 11 is 0. The minimum absolute atomic E-state index is 0.0575. The lowest BCUT2D eigenvalue weighted by Gasteiger charge is -2.35. The largest absolute Gasteiger partial charge is 0.493 e. The van der Waals surface area contributed by atoms with E-state index in [2.05, 4.69) is 4.90 Å². The molecular formula is C23H30N2O6. The first-order valence-corrected chi connectivity index (χ1v) is 10.1. The van der Waals surface area contributed by atoms with E-state index in [1.54, 1.807) is 33.5 Å². The zero-order valence-electron chi connectivity index (χ0n) is 18.8. The van der Waals surface area contributed by atoms with Crippen LogP contribution in [0.1, 0.15) is 15.9 Å². The molecule has 0 bridgehead atoms. The molecule has 1 aliphatic rings. The van der Waals surface area contributed by atoms with E-state index in [1.165, 1.54) is 14.2 Å². The van der Waals surface area contributed by atoms with Gasteiger partial charge in [-0.25, -0.2) is 0 Å². The van der Waals surface area contributed by atoms with Crippen LogP contribution in [0.3, 0.4) is 0 Å². The van der Waals surface area contributed by atoms with E-state index < -0.39 is 0 Å². The quantitative estimate of drug-likeness (QED) is 0.638. The fraction of sp³-hybridized carbons (Fsp3) is 0.435. The smallest absolute Gasteiger partial charge is 0.254 e. The standard InChI is InChI=1S/C23H30N2O6/c1-27-18-8-6-7-16(21(18)30-4)15-24-9-11-25(12-10-24)23(26)17-13-19(28-2)22(31-5)20(14-17)29-3/h6-8,13-14H,9-12,15H2,1-5H3. The number of rotatable bonds is 8. The monoisotopic (exact) mass is 430 g/mol. The number of ether oxygens (including phenoxy) is 5. The molecule has 1 aliphatic heterocycles. The van der Waals surface area contributed by atoms with Crippen molar-refractivity contribution in [1.29, 1.82) is 0 Å². The number of methoxy groups -OCH3 is 5. The van der Waals surface area contributed by atoms with Crippen molar-refractivity contribution < 1.29 is 28.5 Å². The maximum Gasteiger partial charge on any atom is 0.254 e. The molecule has 0 radical (unpaired) electrons. The van der Waals surface area contributed by atoms with Gasteiger partial charge in [-0.2, -0.15) is 0 Å². The number of hydrogen-bond donors (Lipinski definition) is 0. The molecule has 1 amide bonds. The molecule has 168 valence electrons. The lowest BCUT2D eigenvalue weighted by atomic mass is 10.1. The van der Waals surface area contributed by atoms with E-state index in [9.17, 15) is 4.79 Å². The van der Waals surface area contributed by atoms with Gasteiger partial charge in [-0.3, -0.25) is 9.69 Å². The summed E-state index contributed by atoms with van der Waals surface area (Å²) in [6.45, 7) is 3.50. The lowest BCUT2D eigenvalue weighted by molar-refractivity contribution is 0.0626. The Morgan fingerprint density at radius 2 is 1.35 bits per heavy atom. The third-order valence-electron chi connectivity index (χ3n) is 5.45. The van der Waals surface area contributed by atoms with Crippen molar-refractivity contribution in [3.05, 3.63) is 41.5 Å². The minimum atomic E-state index is -0.0575. The number of benzene rings is 2. The fourth-order valence-corrected chi connectivity index (χ4v) is 3.82. The summed E-state index contributed by atoms with van der Waals surface area (Å²) in [6, 6.07) is 9.26. The molecule has 0 atom stereocenters. The maximum atomic E-state index is 13.1. The molecular weight excluding hydrogens is 400 g/mol. The summed E-state index contributed by atoms with van der Waals surface area (Å²) in [7, 11) is 7.90. The van der Waals surface area contributed by atoms with Gasteiger partial charge in [0.2, 0.25) is 5.75 Å². The predicted molar refractivity (Wildman–Crippen MR) is 117 cm³/mol. The van der Waals surface area contributed by atoms with Gasteiger partial charge in [0.05, 0.1) is 35.5 Å². The predicted octanol–water partition coefficient (Wildman–Crippen LogP) is 2.69. The van der Waals surface area contributed by atoms with Crippen LogP contribution in [0.25, 0.3) is 0 Å². The SMILES string of the molecule is COc1cccc(CN2CCN(C(=O)c3cc(OC)c(OC)c(OC)c3)CC2)c1OC. The molecule has 2 aromatic carbocycles. The molecule has 0 aliphatic carbocycles. The molecule has 0 spiro atoms. The molecule has 1 fully saturated rings. The molecule has 2 aromatic rings. The van der Waals surface area contributed by atoms with Gasteiger partial charge >= 0.3 is 0 Å². The fourth-order valence-electron chi connectivity index (χ4n) is 3.82. The van der Waals surface area contributed by atoms with Gasteiger partial charge in [-0.05, 0) is 18.2 Å². The molecule has 8 heteroatoms. The summed E-state index contributed by atoms with van der Waals surface area (Å²) in [5.74, 6) is 2.82. The van der Waals surface area contributed by atoms with Crippen LogP contribution in [-0.4, -0.2) is 77.4 Å². The van der Waals surface area contributed by atoms with E-state index in [1.807, 2.05) is 23.1 Å². The molecule has 0 N–H and O–H groups in total. The molecule has 31 heavy (non-hydrogen) atoms. The summed E-state index contributed by atoms with van der Waals surface area (Å²) < 4.78 is 27.0. The first-order valence-electron chi connectivity index (χ1n) is 10.1. The maximum absolute atomic E-state index is 13.1. The van der Waals surface area contributed by atoms with E-state index in [4.69, 9.17) is 23.7 Å². The molecule has 1 saturated heterocycles. The minimum Gasteiger partial charge on any atom is -0.493 e. The average molecular weight is 431 g/mol. The highest BCUT2D eigenvalue weighted by atomic mass is 16.5. The summed E-state index contributed by atoms with van der Waals surface area (Å²) in [5.41, 5.74) is 1.57. The normalized spacial score (nSPS) is 14.2. The third-order valence-corrected chi connectivity index (χ3v) is 5.45. The number of piperazine rings is 1. The van der Waals surface area contributed by atoms with Crippen LogP contribution in [0, 0.1) is 0 Å². The highest BCUT2D eigenvalue weighted by Crippen LogP contribution is 2.38. The molecule has 8 nitrogen and oxygen atoms in total. The van der Waals surface area contributed by atoms with Crippen LogP contribution in [0.15, 0.2) is 30.3 Å². The summed E-state index contributed by atoms with van der Waals surface area (Å²) in [5, 5.41) is 0. The molecule has 3 rings (SSSR count). The van der Waals surface area contributed by atoms with Gasteiger partial charge in [0.25, 0.3) is 5.91 Å². The van der Waals surface area contributed by atoms with Crippen molar-refractivity contribution in [2.45, 2.75) is 6.54 Å². The first-order chi connectivity index (χ1) is 15.1. The molecule has 1 heterocycles. The van der Waals surface area contributed by atoms with Crippen LogP contribution < -0.4 is 23.7 Å². The van der Waals surface area contributed by atoms with Gasteiger partial charge in [0.15, 0.2) is 23.0 Å². The molecule has 0 unspecified atom stereocenters. The van der Waals surface area contributed by atoms with Crippen LogP contribution >= 0.6 is 0 Å². The topological polar surface area (TPSA) is 69.7 Å². The highest BCUT2D eigenvalue weighted by Gasteiger charge is 2.25. The van der Waals surface area contributed by atoms with Crippen molar-refractivity contribution in [1.82, 2.24) is 9.80 Å². The number of para-hydroxylation sites is 1. The van der Waals surface area contributed by atoms with Crippen LogP contribution in [0.5, 0.6) is 28.7 Å². The average Bonchev–Trinajstić information content (AvgIpc) is 2.82. The second-order valence-corrected chi connectivity index (χ2v) is 7.14. The Hall–Kier alpha value is -3.13. The second-order valence-electron chi connectivity index (χ2n) is 7.14.